The first kappa shape index (κ1) is 14.0. The van der Waals surface area contributed by atoms with Gasteiger partial charge in [0, 0.05) is 25.1 Å². The Labute approximate surface area is 127 Å². The maximum absolute atomic E-state index is 6.06. The van der Waals surface area contributed by atoms with E-state index in [0.717, 1.165) is 48.4 Å². The van der Waals surface area contributed by atoms with Gasteiger partial charge in [0.25, 0.3) is 0 Å². The summed E-state index contributed by atoms with van der Waals surface area (Å²) in [5.41, 5.74) is 0. The molecule has 108 valence electrons. The van der Waals surface area contributed by atoms with Gasteiger partial charge in [0.1, 0.15) is 10.6 Å². The van der Waals surface area contributed by atoms with Crippen LogP contribution in [0.1, 0.15) is 24.6 Å². The Kier molecular flexibility index (Phi) is 4.10. The molecule has 0 spiro atoms. The van der Waals surface area contributed by atoms with Gasteiger partial charge < -0.3 is 9.64 Å². The molecule has 0 radical (unpaired) electrons. The predicted octanol–water partition coefficient (Wildman–Crippen LogP) is 3.52. The minimum atomic E-state index is 0.299. The minimum absolute atomic E-state index is 0.299. The molecule has 2 aromatic rings. The smallest absolute Gasteiger partial charge is 0.225 e. The maximum Gasteiger partial charge on any atom is 0.225 e. The maximum atomic E-state index is 6.06. The fourth-order valence-corrected chi connectivity index (χ4v) is 3.75. The SMILES string of the molecule is CCc1cc2c(N(C)CC3CCCO3)nc(Cl)nc2s1. The molecule has 1 aliphatic heterocycles. The van der Waals surface area contributed by atoms with Gasteiger partial charge in [-0.1, -0.05) is 6.92 Å². The number of likely N-dealkylation sites (N-methyl/N-ethyl adjacent to an activating group) is 1. The number of aryl methyl sites for hydroxylation is 1. The van der Waals surface area contributed by atoms with Crippen molar-refractivity contribution >= 4 is 39.0 Å². The van der Waals surface area contributed by atoms with E-state index in [4.69, 9.17) is 16.3 Å². The molecule has 1 atom stereocenters. The van der Waals surface area contributed by atoms with Gasteiger partial charge in [0.15, 0.2) is 0 Å². The molecule has 0 amide bonds. The molecule has 0 aliphatic carbocycles. The average Bonchev–Trinajstić information content (AvgIpc) is 3.06. The molecule has 20 heavy (non-hydrogen) atoms. The lowest BCUT2D eigenvalue weighted by Crippen LogP contribution is -2.29. The van der Waals surface area contributed by atoms with Crippen molar-refractivity contribution in [2.45, 2.75) is 32.3 Å². The number of hydrogen-bond acceptors (Lipinski definition) is 5. The largest absolute Gasteiger partial charge is 0.376 e. The summed E-state index contributed by atoms with van der Waals surface area (Å²) in [6.07, 6.45) is 3.58. The van der Waals surface area contributed by atoms with Crippen LogP contribution in [-0.2, 0) is 11.2 Å². The Bertz CT molecular complexity index is 610. The zero-order valence-corrected chi connectivity index (χ0v) is 13.3. The van der Waals surface area contributed by atoms with E-state index in [1.165, 1.54) is 4.88 Å². The van der Waals surface area contributed by atoms with E-state index >= 15 is 0 Å². The molecule has 3 heterocycles. The molecule has 0 N–H and O–H groups in total. The lowest BCUT2D eigenvalue weighted by molar-refractivity contribution is 0.116. The van der Waals surface area contributed by atoms with Crippen LogP contribution in [0.2, 0.25) is 5.28 Å². The van der Waals surface area contributed by atoms with Crippen LogP contribution in [0, 0.1) is 0 Å². The summed E-state index contributed by atoms with van der Waals surface area (Å²) in [4.78, 5) is 13.2. The van der Waals surface area contributed by atoms with E-state index in [2.05, 4.69) is 27.9 Å². The van der Waals surface area contributed by atoms with Crippen molar-refractivity contribution in [3.63, 3.8) is 0 Å². The second kappa shape index (κ2) is 5.84. The lowest BCUT2D eigenvalue weighted by Gasteiger charge is -2.22. The van der Waals surface area contributed by atoms with Crippen LogP contribution in [0.25, 0.3) is 10.2 Å². The van der Waals surface area contributed by atoms with Crippen LogP contribution in [0.15, 0.2) is 6.07 Å². The topological polar surface area (TPSA) is 38.2 Å². The molecule has 2 aromatic heterocycles. The molecule has 0 bridgehead atoms. The molecule has 3 rings (SSSR count). The van der Waals surface area contributed by atoms with Crippen molar-refractivity contribution in [2.75, 3.05) is 25.1 Å². The zero-order chi connectivity index (χ0) is 14.1. The number of halogens is 1. The Morgan fingerprint density at radius 3 is 3.05 bits per heavy atom. The first-order valence-electron chi connectivity index (χ1n) is 6.96. The number of aromatic nitrogens is 2. The Balaban J connectivity index is 1.93. The van der Waals surface area contributed by atoms with Gasteiger partial charge in [0.05, 0.1) is 11.5 Å². The van der Waals surface area contributed by atoms with Crippen LogP contribution in [0.3, 0.4) is 0 Å². The van der Waals surface area contributed by atoms with E-state index in [9.17, 15) is 0 Å². The van der Waals surface area contributed by atoms with E-state index < -0.39 is 0 Å². The summed E-state index contributed by atoms with van der Waals surface area (Å²) in [6, 6.07) is 2.18. The fourth-order valence-electron chi connectivity index (χ4n) is 2.58. The normalized spacial score (nSPS) is 18.9. The summed E-state index contributed by atoms with van der Waals surface area (Å²) in [5.74, 6) is 0.909. The summed E-state index contributed by atoms with van der Waals surface area (Å²) in [6.45, 7) is 3.87. The first-order valence-corrected chi connectivity index (χ1v) is 8.15. The molecule has 1 fully saturated rings. The van der Waals surface area contributed by atoms with Crippen molar-refractivity contribution in [1.29, 1.82) is 0 Å². The fraction of sp³-hybridized carbons (Fsp3) is 0.571. The van der Waals surface area contributed by atoms with Gasteiger partial charge in [-0.05, 0) is 36.9 Å². The lowest BCUT2D eigenvalue weighted by atomic mass is 10.2. The predicted molar refractivity (Wildman–Crippen MR) is 84.0 cm³/mol. The zero-order valence-electron chi connectivity index (χ0n) is 11.7. The summed E-state index contributed by atoms with van der Waals surface area (Å²) < 4.78 is 5.70. The van der Waals surface area contributed by atoms with Crippen LogP contribution in [0.4, 0.5) is 5.82 Å². The van der Waals surface area contributed by atoms with Gasteiger partial charge in [-0.2, -0.15) is 4.98 Å². The molecule has 6 heteroatoms. The number of anilines is 1. The molecule has 1 aliphatic rings. The highest BCUT2D eigenvalue weighted by molar-refractivity contribution is 7.18. The molecule has 1 unspecified atom stereocenters. The van der Waals surface area contributed by atoms with Crippen molar-refractivity contribution in [1.82, 2.24) is 9.97 Å². The third kappa shape index (κ3) is 2.75. The summed E-state index contributed by atoms with van der Waals surface area (Å²) in [5, 5.41) is 1.41. The van der Waals surface area contributed by atoms with E-state index in [0.29, 0.717) is 11.4 Å². The second-order valence-electron chi connectivity index (χ2n) is 5.12. The van der Waals surface area contributed by atoms with Crippen LogP contribution < -0.4 is 4.90 Å². The molecule has 0 aromatic carbocycles. The van der Waals surface area contributed by atoms with Crippen LogP contribution >= 0.6 is 22.9 Å². The quantitative estimate of drug-likeness (QED) is 0.810. The molecular formula is C14H18ClN3OS. The summed E-state index contributed by atoms with van der Waals surface area (Å²) in [7, 11) is 2.04. The van der Waals surface area contributed by atoms with Crippen molar-refractivity contribution in [3.8, 4) is 0 Å². The highest BCUT2D eigenvalue weighted by atomic mass is 35.5. The first-order chi connectivity index (χ1) is 9.67. The third-order valence-corrected chi connectivity index (χ3v) is 4.95. The van der Waals surface area contributed by atoms with Crippen molar-refractivity contribution < 1.29 is 4.74 Å². The van der Waals surface area contributed by atoms with Crippen LogP contribution in [0.5, 0.6) is 0 Å². The van der Waals surface area contributed by atoms with E-state index in [1.54, 1.807) is 11.3 Å². The van der Waals surface area contributed by atoms with E-state index in [1.807, 2.05) is 7.05 Å². The van der Waals surface area contributed by atoms with Crippen molar-refractivity contribution in [3.05, 3.63) is 16.2 Å². The van der Waals surface area contributed by atoms with Gasteiger partial charge in [-0.25, -0.2) is 4.98 Å². The van der Waals surface area contributed by atoms with Gasteiger partial charge >= 0.3 is 0 Å². The highest BCUT2D eigenvalue weighted by Gasteiger charge is 2.20. The number of nitrogens with zero attached hydrogens (tertiary/aromatic N) is 3. The number of rotatable bonds is 4. The Hall–Kier alpha value is -0.910. The van der Waals surface area contributed by atoms with E-state index in [-0.39, 0.29) is 0 Å². The number of hydrogen-bond donors (Lipinski definition) is 0. The van der Waals surface area contributed by atoms with Gasteiger partial charge in [-0.3, -0.25) is 0 Å². The minimum Gasteiger partial charge on any atom is -0.376 e. The standard InChI is InChI=1S/C14H18ClN3OS/c1-3-10-7-11-12(16-14(15)17-13(11)20-10)18(2)8-9-5-4-6-19-9/h7,9H,3-6,8H2,1-2H3. The number of ether oxygens (including phenoxy) is 1. The highest BCUT2D eigenvalue weighted by Crippen LogP contribution is 2.32. The van der Waals surface area contributed by atoms with Crippen molar-refractivity contribution in [2.24, 2.45) is 0 Å². The Morgan fingerprint density at radius 2 is 2.35 bits per heavy atom. The van der Waals surface area contributed by atoms with Crippen LogP contribution in [-0.4, -0.2) is 36.3 Å². The number of thiophene rings is 1. The molecule has 0 saturated carbocycles. The van der Waals surface area contributed by atoms with Gasteiger partial charge in [0.2, 0.25) is 5.28 Å². The molecule has 4 nitrogen and oxygen atoms in total. The molecule has 1 saturated heterocycles. The summed E-state index contributed by atoms with van der Waals surface area (Å²) >= 11 is 7.76. The Morgan fingerprint density at radius 1 is 1.50 bits per heavy atom. The molecular weight excluding hydrogens is 294 g/mol. The average molecular weight is 312 g/mol. The second-order valence-corrected chi connectivity index (χ2v) is 6.57. The monoisotopic (exact) mass is 311 g/mol. The third-order valence-electron chi connectivity index (χ3n) is 3.61. The van der Waals surface area contributed by atoms with Gasteiger partial charge in [-0.15, -0.1) is 11.3 Å². The number of fused-ring (bicyclic) bond motifs is 1.